The van der Waals surface area contributed by atoms with E-state index >= 15 is 0 Å². The maximum Gasteiger partial charge on any atom is 0.173 e. The predicted molar refractivity (Wildman–Crippen MR) is 73.9 cm³/mol. The molecule has 0 N–H and O–H groups in total. The van der Waals surface area contributed by atoms with Crippen molar-refractivity contribution in [2.75, 3.05) is 13.2 Å². The van der Waals surface area contributed by atoms with Crippen LogP contribution < -0.4 is 9.47 Å². The van der Waals surface area contributed by atoms with Gasteiger partial charge in [-0.1, -0.05) is 0 Å². The lowest BCUT2D eigenvalue weighted by molar-refractivity contribution is 0.0893. The highest BCUT2D eigenvalue weighted by Gasteiger charge is 2.18. The van der Waals surface area contributed by atoms with Gasteiger partial charge in [0.1, 0.15) is 13.2 Å². The van der Waals surface area contributed by atoms with Crippen LogP contribution in [-0.2, 0) is 7.05 Å². The van der Waals surface area contributed by atoms with Gasteiger partial charge >= 0.3 is 0 Å². The largest absolute Gasteiger partial charge is 0.486 e. The number of rotatable bonds is 4. The van der Waals surface area contributed by atoms with E-state index in [4.69, 9.17) is 9.47 Å². The fourth-order valence-corrected chi connectivity index (χ4v) is 2.13. The highest BCUT2D eigenvalue weighted by Crippen LogP contribution is 2.31. The number of carbonyl (C=O) groups is 2. The van der Waals surface area contributed by atoms with Gasteiger partial charge in [-0.15, -0.1) is 0 Å². The minimum absolute atomic E-state index is 0.189. The molecule has 3 rings (SSSR count). The van der Waals surface area contributed by atoms with Gasteiger partial charge in [-0.25, -0.2) is 0 Å². The molecule has 108 valence electrons. The summed E-state index contributed by atoms with van der Waals surface area (Å²) in [5.41, 5.74) is 0.875. The van der Waals surface area contributed by atoms with Crippen molar-refractivity contribution >= 4 is 11.6 Å². The second-order valence-electron chi connectivity index (χ2n) is 4.78. The Balaban J connectivity index is 1.75. The first kappa shape index (κ1) is 13.4. The van der Waals surface area contributed by atoms with Crippen LogP contribution in [0.25, 0.3) is 0 Å². The summed E-state index contributed by atoms with van der Waals surface area (Å²) >= 11 is 0. The van der Waals surface area contributed by atoms with Gasteiger partial charge in [-0.2, -0.15) is 5.10 Å². The Bertz CT molecular complexity index is 705. The molecule has 0 saturated carbocycles. The Morgan fingerprint density at radius 1 is 1.14 bits per heavy atom. The summed E-state index contributed by atoms with van der Waals surface area (Å²) in [6.45, 7) is 0.957. The van der Waals surface area contributed by atoms with Gasteiger partial charge in [-0.05, 0) is 18.2 Å². The summed E-state index contributed by atoms with van der Waals surface area (Å²) in [6.07, 6.45) is 2.87. The number of nitrogens with zero attached hydrogens (tertiary/aromatic N) is 2. The summed E-state index contributed by atoms with van der Waals surface area (Å²) in [5.74, 6) is 0.668. The minimum atomic E-state index is -0.249. The molecular formula is C15H14N2O4. The zero-order valence-corrected chi connectivity index (χ0v) is 11.5. The van der Waals surface area contributed by atoms with Crippen LogP contribution in [-0.4, -0.2) is 34.6 Å². The number of ketones is 2. The zero-order valence-electron chi connectivity index (χ0n) is 11.5. The average molecular weight is 286 g/mol. The fourth-order valence-electron chi connectivity index (χ4n) is 2.13. The first-order valence-corrected chi connectivity index (χ1v) is 6.58. The lowest BCUT2D eigenvalue weighted by Gasteiger charge is -2.18. The van der Waals surface area contributed by atoms with E-state index in [-0.39, 0.29) is 18.0 Å². The molecule has 6 nitrogen and oxygen atoms in total. The summed E-state index contributed by atoms with van der Waals surface area (Å²) in [7, 11) is 1.72. The van der Waals surface area contributed by atoms with Crippen LogP contribution >= 0.6 is 0 Å². The van der Waals surface area contributed by atoms with E-state index in [0.717, 1.165) is 0 Å². The van der Waals surface area contributed by atoms with Crippen LogP contribution in [0, 0.1) is 0 Å². The lowest BCUT2D eigenvalue weighted by atomic mass is 10.0. The number of fused-ring (bicyclic) bond motifs is 1. The molecule has 21 heavy (non-hydrogen) atoms. The average Bonchev–Trinajstić information content (AvgIpc) is 2.93. The second kappa shape index (κ2) is 5.40. The van der Waals surface area contributed by atoms with Gasteiger partial charge in [0.2, 0.25) is 0 Å². The maximum atomic E-state index is 12.2. The van der Waals surface area contributed by atoms with Crippen molar-refractivity contribution in [3.63, 3.8) is 0 Å². The van der Waals surface area contributed by atoms with Gasteiger partial charge in [0.05, 0.1) is 18.2 Å². The topological polar surface area (TPSA) is 70.4 Å². The van der Waals surface area contributed by atoms with Crippen molar-refractivity contribution in [1.29, 1.82) is 0 Å². The molecule has 6 heteroatoms. The third-order valence-corrected chi connectivity index (χ3v) is 3.21. The molecule has 0 saturated heterocycles. The summed E-state index contributed by atoms with van der Waals surface area (Å²) in [5, 5.41) is 3.92. The number of aryl methyl sites for hydroxylation is 1. The number of hydrogen-bond donors (Lipinski definition) is 0. The van der Waals surface area contributed by atoms with E-state index in [1.165, 1.54) is 10.9 Å². The maximum absolute atomic E-state index is 12.2. The smallest absolute Gasteiger partial charge is 0.173 e. The molecule has 1 aromatic carbocycles. The molecule has 1 aliphatic rings. The predicted octanol–water partition coefficient (Wildman–Crippen LogP) is 1.65. The van der Waals surface area contributed by atoms with Crippen LogP contribution in [0.2, 0.25) is 0 Å². The third kappa shape index (κ3) is 2.79. The Morgan fingerprint density at radius 2 is 1.86 bits per heavy atom. The quantitative estimate of drug-likeness (QED) is 0.631. The number of carbonyl (C=O) groups excluding carboxylic acids is 2. The van der Waals surface area contributed by atoms with E-state index in [1.807, 2.05) is 0 Å². The normalized spacial score (nSPS) is 13.0. The van der Waals surface area contributed by atoms with E-state index < -0.39 is 0 Å². The fraction of sp³-hybridized carbons (Fsp3) is 0.267. The van der Waals surface area contributed by atoms with E-state index in [0.29, 0.717) is 35.8 Å². The van der Waals surface area contributed by atoms with Crippen molar-refractivity contribution in [2.24, 2.45) is 7.05 Å². The van der Waals surface area contributed by atoms with Crippen molar-refractivity contribution in [2.45, 2.75) is 6.42 Å². The van der Waals surface area contributed by atoms with Gasteiger partial charge in [0.25, 0.3) is 0 Å². The van der Waals surface area contributed by atoms with E-state index in [2.05, 4.69) is 5.10 Å². The molecule has 0 aliphatic carbocycles. The number of aromatic nitrogens is 2. The van der Waals surface area contributed by atoms with Crippen LogP contribution in [0.15, 0.2) is 30.6 Å². The van der Waals surface area contributed by atoms with Crippen LogP contribution in [0.1, 0.15) is 27.1 Å². The summed E-state index contributed by atoms with van der Waals surface area (Å²) in [6, 6.07) is 4.95. The molecular weight excluding hydrogens is 272 g/mol. The van der Waals surface area contributed by atoms with Crippen molar-refractivity contribution < 1.29 is 19.1 Å². The van der Waals surface area contributed by atoms with Gasteiger partial charge < -0.3 is 9.47 Å². The molecule has 2 aromatic rings. The van der Waals surface area contributed by atoms with E-state index in [1.54, 1.807) is 31.4 Å². The molecule has 0 amide bonds. The zero-order chi connectivity index (χ0) is 14.8. The standard InChI is InChI=1S/C15H14N2O4/c1-17-9-11(8-16-17)13(19)7-12(18)10-2-3-14-15(6-10)21-5-4-20-14/h2-3,6,8-9H,4-5,7H2,1H3. The molecule has 0 atom stereocenters. The van der Waals surface area contributed by atoms with Crippen molar-refractivity contribution in [3.05, 3.63) is 41.7 Å². The monoisotopic (exact) mass is 286 g/mol. The number of hydrogen-bond acceptors (Lipinski definition) is 5. The molecule has 0 bridgehead atoms. The molecule has 1 aliphatic heterocycles. The first-order valence-electron chi connectivity index (χ1n) is 6.58. The van der Waals surface area contributed by atoms with E-state index in [9.17, 15) is 9.59 Å². The summed E-state index contributed by atoms with van der Waals surface area (Å²) < 4.78 is 12.4. The Labute approximate surface area is 121 Å². The van der Waals surface area contributed by atoms with Crippen LogP contribution in [0.3, 0.4) is 0 Å². The highest BCUT2D eigenvalue weighted by molar-refractivity contribution is 6.13. The van der Waals surface area contributed by atoms with Gasteiger partial charge in [0.15, 0.2) is 23.1 Å². The molecule has 0 radical (unpaired) electrons. The summed E-state index contributed by atoms with van der Waals surface area (Å²) in [4.78, 5) is 24.2. The number of benzene rings is 1. The molecule has 0 fully saturated rings. The third-order valence-electron chi connectivity index (χ3n) is 3.21. The Kier molecular flexibility index (Phi) is 3.43. The molecule has 2 heterocycles. The van der Waals surface area contributed by atoms with Crippen LogP contribution in [0.5, 0.6) is 11.5 Å². The molecule has 0 unspecified atom stereocenters. The van der Waals surface area contributed by atoms with Gasteiger partial charge in [-0.3, -0.25) is 14.3 Å². The second-order valence-corrected chi connectivity index (χ2v) is 4.78. The number of ether oxygens (including phenoxy) is 2. The SMILES string of the molecule is Cn1cc(C(=O)CC(=O)c2ccc3c(c2)OCCO3)cn1. The highest BCUT2D eigenvalue weighted by atomic mass is 16.6. The molecule has 1 aromatic heterocycles. The number of Topliss-reactive ketones (excluding diaryl/α,β-unsaturated/α-hetero) is 2. The lowest BCUT2D eigenvalue weighted by Crippen LogP contribution is -2.16. The minimum Gasteiger partial charge on any atom is -0.486 e. The Hall–Kier alpha value is -2.63. The van der Waals surface area contributed by atoms with Gasteiger partial charge in [0, 0.05) is 18.8 Å². The Morgan fingerprint density at radius 3 is 2.57 bits per heavy atom. The first-order chi connectivity index (χ1) is 10.1. The van der Waals surface area contributed by atoms with Crippen LogP contribution in [0.4, 0.5) is 0 Å². The van der Waals surface area contributed by atoms with Crippen molar-refractivity contribution in [3.8, 4) is 11.5 Å². The van der Waals surface area contributed by atoms with Crippen molar-refractivity contribution in [1.82, 2.24) is 9.78 Å². The molecule has 0 spiro atoms.